The topological polar surface area (TPSA) is 27.1 Å². The molecule has 0 amide bonds. The van der Waals surface area contributed by atoms with Crippen molar-refractivity contribution in [3.63, 3.8) is 0 Å². The summed E-state index contributed by atoms with van der Waals surface area (Å²) in [5.74, 6) is 0.928. The number of hydrogen-bond acceptors (Lipinski definition) is 2. The van der Waals surface area contributed by atoms with Crippen LogP contribution in [0.15, 0.2) is 29.0 Å². The zero-order chi connectivity index (χ0) is 13.1. The Hall–Kier alpha value is -1.29. The molecule has 0 atom stereocenters. The van der Waals surface area contributed by atoms with E-state index in [1.807, 2.05) is 24.1 Å². The third kappa shape index (κ3) is 3.13. The molecule has 0 saturated carbocycles. The molecule has 0 radical (unpaired) electrons. The van der Waals surface area contributed by atoms with Gasteiger partial charge in [0, 0.05) is 24.1 Å². The highest BCUT2D eigenvalue weighted by Crippen LogP contribution is 2.26. The fourth-order valence-electron chi connectivity index (χ4n) is 1.88. The first-order valence-corrected chi connectivity index (χ1v) is 6.72. The van der Waals surface area contributed by atoms with E-state index >= 15 is 0 Å². The standard InChI is InChI=1S/C14H17BrN2O/c1-10-6-13(7-11(2)14(10)15)18-5-4-12-8-16-17(3)9-12/h6-9H,4-5H2,1-3H3. The molecule has 18 heavy (non-hydrogen) atoms. The van der Waals surface area contributed by atoms with Crippen molar-refractivity contribution in [3.8, 4) is 5.75 Å². The van der Waals surface area contributed by atoms with Crippen LogP contribution in [0.1, 0.15) is 16.7 Å². The van der Waals surface area contributed by atoms with E-state index in [1.165, 1.54) is 16.7 Å². The molecule has 0 saturated heterocycles. The van der Waals surface area contributed by atoms with Gasteiger partial charge in [0.2, 0.25) is 0 Å². The van der Waals surface area contributed by atoms with Crippen LogP contribution < -0.4 is 4.74 Å². The molecule has 0 unspecified atom stereocenters. The molecule has 96 valence electrons. The Kier molecular flexibility index (Phi) is 4.07. The highest BCUT2D eigenvalue weighted by Gasteiger charge is 2.03. The lowest BCUT2D eigenvalue weighted by Crippen LogP contribution is -2.01. The second kappa shape index (κ2) is 5.57. The van der Waals surface area contributed by atoms with Gasteiger partial charge in [0.15, 0.2) is 0 Å². The Morgan fingerprint density at radius 3 is 2.50 bits per heavy atom. The summed E-state index contributed by atoms with van der Waals surface area (Å²) < 4.78 is 8.74. The Labute approximate surface area is 116 Å². The van der Waals surface area contributed by atoms with E-state index in [0.717, 1.165) is 16.6 Å². The third-order valence-corrected chi connectivity index (χ3v) is 4.08. The largest absolute Gasteiger partial charge is 0.493 e. The van der Waals surface area contributed by atoms with Gasteiger partial charge in [-0.1, -0.05) is 15.9 Å². The molecule has 0 fully saturated rings. The van der Waals surface area contributed by atoms with Crippen molar-refractivity contribution in [2.75, 3.05) is 6.61 Å². The summed E-state index contributed by atoms with van der Waals surface area (Å²) in [5, 5.41) is 4.14. The summed E-state index contributed by atoms with van der Waals surface area (Å²) in [7, 11) is 1.92. The molecular formula is C14H17BrN2O. The van der Waals surface area contributed by atoms with Crippen LogP contribution in [0.5, 0.6) is 5.75 Å². The second-order valence-corrected chi connectivity index (χ2v) is 5.28. The lowest BCUT2D eigenvalue weighted by atomic mass is 10.1. The number of halogens is 1. The maximum absolute atomic E-state index is 5.78. The smallest absolute Gasteiger partial charge is 0.119 e. The summed E-state index contributed by atoms with van der Waals surface area (Å²) in [6, 6.07) is 4.11. The fourth-order valence-corrected chi connectivity index (χ4v) is 2.11. The van der Waals surface area contributed by atoms with Gasteiger partial charge < -0.3 is 4.74 Å². The number of aryl methyl sites for hydroxylation is 3. The Bertz CT molecular complexity index is 525. The Morgan fingerprint density at radius 1 is 1.28 bits per heavy atom. The van der Waals surface area contributed by atoms with Crippen LogP contribution in [-0.4, -0.2) is 16.4 Å². The number of rotatable bonds is 4. The van der Waals surface area contributed by atoms with Crippen molar-refractivity contribution in [1.82, 2.24) is 9.78 Å². The van der Waals surface area contributed by atoms with Crippen LogP contribution in [0.2, 0.25) is 0 Å². The van der Waals surface area contributed by atoms with Crippen LogP contribution in [-0.2, 0) is 13.5 Å². The lowest BCUT2D eigenvalue weighted by Gasteiger charge is -2.09. The maximum Gasteiger partial charge on any atom is 0.119 e. The normalized spacial score (nSPS) is 10.7. The van der Waals surface area contributed by atoms with Gasteiger partial charge in [-0.05, 0) is 42.7 Å². The summed E-state index contributed by atoms with van der Waals surface area (Å²) >= 11 is 3.55. The number of hydrogen-bond donors (Lipinski definition) is 0. The van der Waals surface area contributed by atoms with Gasteiger partial charge in [-0.25, -0.2) is 0 Å². The SMILES string of the molecule is Cc1cc(OCCc2cnn(C)c2)cc(C)c1Br. The highest BCUT2D eigenvalue weighted by molar-refractivity contribution is 9.10. The van der Waals surface area contributed by atoms with Gasteiger partial charge in [0.1, 0.15) is 5.75 Å². The van der Waals surface area contributed by atoms with Gasteiger partial charge in [0.25, 0.3) is 0 Å². The monoisotopic (exact) mass is 308 g/mol. The lowest BCUT2D eigenvalue weighted by molar-refractivity contribution is 0.321. The second-order valence-electron chi connectivity index (χ2n) is 4.49. The molecule has 3 nitrogen and oxygen atoms in total. The first kappa shape index (κ1) is 13.1. The zero-order valence-electron chi connectivity index (χ0n) is 10.9. The molecule has 0 aliphatic heterocycles. The summed E-state index contributed by atoms with van der Waals surface area (Å²) in [4.78, 5) is 0. The average molecular weight is 309 g/mol. The molecule has 0 bridgehead atoms. The predicted molar refractivity (Wildman–Crippen MR) is 76.0 cm³/mol. The number of nitrogens with zero attached hydrogens (tertiary/aromatic N) is 2. The van der Waals surface area contributed by atoms with E-state index in [-0.39, 0.29) is 0 Å². The minimum atomic E-state index is 0.673. The number of benzene rings is 1. The maximum atomic E-state index is 5.78. The molecule has 0 spiro atoms. The summed E-state index contributed by atoms with van der Waals surface area (Å²) in [6.07, 6.45) is 4.77. The van der Waals surface area contributed by atoms with Crippen molar-refractivity contribution in [1.29, 1.82) is 0 Å². The molecule has 0 aliphatic carbocycles. The van der Waals surface area contributed by atoms with Crippen molar-refractivity contribution in [3.05, 3.63) is 45.7 Å². The molecule has 4 heteroatoms. The van der Waals surface area contributed by atoms with E-state index < -0.39 is 0 Å². The molecule has 1 heterocycles. The molecular weight excluding hydrogens is 292 g/mol. The van der Waals surface area contributed by atoms with Crippen LogP contribution in [0, 0.1) is 13.8 Å². The minimum Gasteiger partial charge on any atom is -0.493 e. The van der Waals surface area contributed by atoms with Gasteiger partial charge >= 0.3 is 0 Å². The van der Waals surface area contributed by atoms with Crippen molar-refractivity contribution < 1.29 is 4.74 Å². The van der Waals surface area contributed by atoms with Gasteiger partial charge in [-0.3, -0.25) is 4.68 Å². The van der Waals surface area contributed by atoms with Crippen LogP contribution in [0.3, 0.4) is 0 Å². The molecule has 2 rings (SSSR count). The average Bonchev–Trinajstić information content (AvgIpc) is 2.72. The van der Waals surface area contributed by atoms with Crippen molar-refractivity contribution in [2.24, 2.45) is 7.05 Å². The first-order chi connectivity index (χ1) is 8.56. The fraction of sp³-hybridized carbons (Fsp3) is 0.357. The third-order valence-electron chi connectivity index (χ3n) is 2.83. The molecule has 1 aromatic heterocycles. The Balaban J connectivity index is 1.94. The minimum absolute atomic E-state index is 0.673. The highest BCUT2D eigenvalue weighted by atomic mass is 79.9. The van der Waals surface area contributed by atoms with Gasteiger partial charge in [0.05, 0.1) is 12.8 Å². The van der Waals surface area contributed by atoms with E-state index in [9.17, 15) is 0 Å². The summed E-state index contributed by atoms with van der Waals surface area (Å²) in [6.45, 7) is 4.82. The van der Waals surface area contributed by atoms with Crippen molar-refractivity contribution in [2.45, 2.75) is 20.3 Å². The van der Waals surface area contributed by atoms with Crippen LogP contribution in [0.4, 0.5) is 0 Å². The molecule has 1 aromatic carbocycles. The number of aromatic nitrogens is 2. The molecule has 2 aromatic rings. The van der Waals surface area contributed by atoms with Crippen LogP contribution >= 0.6 is 15.9 Å². The van der Waals surface area contributed by atoms with Crippen LogP contribution in [0.25, 0.3) is 0 Å². The predicted octanol–water partition coefficient (Wildman–Crippen LogP) is 3.42. The molecule has 0 N–H and O–H groups in total. The Morgan fingerprint density at radius 2 is 1.94 bits per heavy atom. The van der Waals surface area contributed by atoms with Crippen molar-refractivity contribution >= 4 is 15.9 Å². The summed E-state index contributed by atoms with van der Waals surface area (Å²) in [5.41, 5.74) is 3.60. The van der Waals surface area contributed by atoms with Gasteiger partial charge in [-0.2, -0.15) is 5.10 Å². The van der Waals surface area contributed by atoms with E-state index in [4.69, 9.17) is 4.74 Å². The van der Waals surface area contributed by atoms with E-state index in [0.29, 0.717) is 6.61 Å². The van der Waals surface area contributed by atoms with E-state index in [1.54, 1.807) is 0 Å². The van der Waals surface area contributed by atoms with Gasteiger partial charge in [-0.15, -0.1) is 0 Å². The zero-order valence-corrected chi connectivity index (χ0v) is 12.5. The van der Waals surface area contributed by atoms with E-state index in [2.05, 4.69) is 47.0 Å². The molecule has 0 aliphatic rings. The quantitative estimate of drug-likeness (QED) is 0.865. The number of ether oxygens (including phenoxy) is 1. The first-order valence-electron chi connectivity index (χ1n) is 5.93.